The molecule has 1 aromatic carbocycles. The van der Waals surface area contributed by atoms with Crippen LogP contribution in [0.5, 0.6) is 0 Å². The molecule has 1 unspecified atom stereocenters. The van der Waals surface area contributed by atoms with Gasteiger partial charge in [-0.2, -0.15) is 0 Å². The first-order valence-electron chi connectivity index (χ1n) is 8.85. The maximum absolute atomic E-state index is 13.0. The first kappa shape index (κ1) is 16.6. The molecule has 3 aromatic rings. The molecule has 134 valence electrons. The lowest BCUT2D eigenvalue weighted by Crippen LogP contribution is -2.31. The molecule has 6 nitrogen and oxygen atoms in total. The molecule has 0 aliphatic carbocycles. The molecule has 1 atom stereocenters. The summed E-state index contributed by atoms with van der Waals surface area (Å²) < 4.78 is 11.1. The number of nitrogens with zero attached hydrogens (tertiary/aromatic N) is 2. The highest BCUT2D eigenvalue weighted by Crippen LogP contribution is 2.33. The van der Waals surface area contributed by atoms with E-state index < -0.39 is 0 Å². The van der Waals surface area contributed by atoms with Crippen molar-refractivity contribution in [1.82, 2.24) is 10.1 Å². The van der Waals surface area contributed by atoms with Crippen LogP contribution in [0.25, 0.3) is 11.0 Å². The zero-order valence-electron chi connectivity index (χ0n) is 14.8. The van der Waals surface area contributed by atoms with E-state index in [4.69, 9.17) is 8.94 Å². The van der Waals surface area contributed by atoms with Gasteiger partial charge in [0, 0.05) is 24.6 Å². The summed E-state index contributed by atoms with van der Waals surface area (Å²) in [5.74, 6) is 0.814. The Kier molecular flexibility index (Phi) is 4.11. The van der Waals surface area contributed by atoms with Crippen molar-refractivity contribution in [2.75, 3.05) is 6.54 Å². The number of carbonyl (C=O) groups is 1. The van der Waals surface area contributed by atoms with Crippen LogP contribution < -0.4 is 5.43 Å². The molecular weight excluding hydrogens is 332 g/mol. The second-order valence-corrected chi connectivity index (χ2v) is 6.94. The highest BCUT2D eigenvalue weighted by Gasteiger charge is 2.34. The van der Waals surface area contributed by atoms with Gasteiger partial charge in [0.1, 0.15) is 17.0 Å². The summed E-state index contributed by atoms with van der Waals surface area (Å²) in [6.45, 7) is 4.67. The number of likely N-dealkylation sites (tertiary alicyclic amines) is 1. The monoisotopic (exact) mass is 352 g/mol. The zero-order chi connectivity index (χ0) is 18.3. The fourth-order valence-corrected chi connectivity index (χ4v) is 3.40. The molecule has 3 heterocycles. The molecule has 4 rings (SSSR count). The highest BCUT2D eigenvalue weighted by molar-refractivity contribution is 5.93. The van der Waals surface area contributed by atoms with Crippen molar-refractivity contribution in [3.8, 4) is 0 Å². The van der Waals surface area contributed by atoms with Crippen LogP contribution in [0.4, 0.5) is 0 Å². The number of amides is 1. The third-order valence-corrected chi connectivity index (χ3v) is 4.82. The van der Waals surface area contributed by atoms with Crippen LogP contribution in [0.15, 0.2) is 50.1 Å². The fraction of sp³-hybridized carbons (Fsp3) is 0.350. The van der Waals surface area contributed by atoms with Gasteiger partial charge in [0.15, 0.2) is 11.2 Å². The van der Waals surface area contributed by atoms with Gasteiger partial charge >= 0.3 is 0 Å². The van der Waals surface area contributed by atoms with Crippen molar-refractivity contribution in [3.63, 3.8) is 0 Å². The van der Waals surface area contributed by atoms with Crippen LogP contribution in [0, 0.1) is 0 Å². The molecule has 2 aromatic heterocycles. The molecule has 1 amide bonds. The molecule has 1 saturated heterocycles. The van der Waals surface area contributed by atoms with E-state index in [0.717, 1.165) is 24.3 Å². The second-order valence-electron chi connectivity index (χ2n) is 6.94. The number of para-hydroxylation sites is 1. The van der Waals surface area contributed by atoms with Gasteiger partial charge < -0.3 is 13.8 Å². The van der Waals surface area contributed by atoms with E-state index in [0.29, 0.717) is 17.5 Å². The lowest BCUT2D eigenvalue weighted by Gasteiger charge is -2.22. The normalized spacial score (nSPS) is 17.3. The van der Waals surface area contributed by atoms with Crippen molar-refractivity contribution in [2.45, 2.75) is 38.6 Å². The summed E-state index contributed by atoms with van der Waals surface area (Å²) in [5, 5.41) is 4.62. The van der Waals surface area contributed by atoms with Crippen molar-refractivity contribution in [2.24, 2.45) is 0 Å². The number of carbonyl (C=O) groups excluding carboxylic acids is 1. The number of rotatable bonds is 3. The third kappa shape index (κ3) is 2.81. The molecule has 0 bridgehead atoms. The van der Waals surface area contributed by atoms with Gasteiger partial charge in [-0.25, -0.2) is 0 Å². The first-order valence-corrected chi connectivity index (χ1v) is 8.85. The number of benzene rings is 1. The van der Waals surface area contributed by atoms with E-state index in [1.165, 1.54) is 6.07 Å². The Hall–Kier alpha value is -2.89. The molecule has 0 radical (unpaired) electrons. The van der Waals surface area contributed by atoms with Crippen LogP contribution >= 0.6 is 0 Å². The van der Waals surface area contributed by atoms with E-state index in [1.807, 2.05) is 19.9 Å². The van der Waals surface area contributed by atoms with Crippen molar-refractivity contribution in [1.29, 1.82) is 0 Å². The largest absolute Gasteiger partial charge is 0.451 e. The predicted octanol–water partition coefficient (Wildman–Crippen LogP) is 3.88. The Balaban J connectivity index is 1.67. The summed E-state index contributed by atoms with van der Waals surface area (Å²) in [6, 6.07) is 9.98. The summed E-state index contributed by atoms with van der Waals surface area (Å²) in [5.41, 5.74) is 0.958. The van der Waals surface area contributed by atoms with Crippen LogP contribution in [0.2, 0.25) is 0 Å². The maximum Gasteiger partial charge on any atom is 0.290 e. The summed E-state index contributed by atoms with van der Waals surface area (Å²) >= 11 is 0. The SMILES string of the molecule is CC(C)c1cc(C2CCCN2C(=O)c2cc(=O)c3ccccc3o2)no1. The van der Waals surface area contributed by atoms with E-state index >= 15 is 0 Å². The average Bonchev–Trinajstić information content (AvgIpc) is 3.30. The van der Waals surface area contributed by atoms with E-state index in [1.54, 1.807) is 29.2 Å². The summed E-state index contributed by atoms with van der Waals surface area (Å²) in [4.78, 5) is 27.0. The van der Waals surface area contributed by atoms with Gasteiger partial charge in [-0.05, 0) is 25.0 Å². The topological polar surface area (TPSA) is 76.6 Å². The number of hydrogen-bond acceptors (Lipinski definition) is 5. The molecule has 6 heteroatoms. The smallest absolute Gasteiger partial charge is 0.290 e. The lowest BCUT2D eigenvalue weighted by molar-refractivity contribution is 0.0699. The van der Waals surface area contributed by atoms with E-state index in [2.05, 4.69) is 5.16 Å². The average molecular weight is 352 g/mol. The molecule has 1 aliphatic rings. The van der Waals surface area contributed by atoms with E-state index in [-0.39, 0.29) is 29.1 Å². The summed E-state index contributed by atoms with van der Waals surface area (Å²) in [6.07, 6.45) is 1.69. The third-order valence-electron chi connectivity index (χ3n) is 4.82. The highest BCUT2D eigenvalue weighted by atomic mass is 16.5. The van der Waals surface area contributed by atoms with Crippen molar-refractivity contribution >= 4 is 16.9 Å². The maximum atomic E-state index is 13.0. The summed E-state index contributed by atoms with van der Waals surface area (Å²) in [7, 11) is 0. The standard InChI is InChI=1S/C20H20N2O4/c1-12(2)18-10-14(21-26-18)15-7-5-9-22(15)20(24)19-11-16(23)13-6-3-4-8-17(13)25-19/h3-4,6,8,10-12,15H,5,7,9H2,1-2H3. The van der Waals surface area contributed by atoms with Gasteiger partial charge in [-0.15, -0.1) is 0 Å². The molecule has 1 aliphatic heterocycles. The van der Waals surface area contributed by atoms with Crippen LogP contribution in [0.1, 0.15) is 60.7 Å². The molecule has 0 N–H and O–H groups in total. The van der Waals surface area contributed by atoms with Gasteiger partial charge in [-0.3, -0.25) is 9.59 Å². The second kappa shape index (κ2) is 6.44. The van der Waals surface area contributed by atoms with Gasteiger partial charge in [0.2, 0.25) is 0 Å². The van der Waals surface area contributed by atoms with E-state index in [9.17, 15) is 9.59 Å². The van der Waals surface area contributed by atoms with Crippen LogP contribution in [0.3, 0.4) is 0 Å². The first-order chi connectivity index (χ1) is 12.5. The van der Waals surface area contributed by atoms with Crippen molar-refractivity contribution in [3.05, 3.63) is 63.8 Å². The minimum atomic E-state index is -0.288. The molecule has 1 fully saturated rings. The fourth-order valence-electron chi connectivity index (χ4n) is 3.40. The van der Waals surface area contributed by atoms with Crippen LogP contribution in [-0.2, 0) is 0 Å². The van der Waals surface area contributed by atoms with Gasteiger partial charge in [-0.1, -0.05) is 31.1 Å². The number of fused-ring (bicyclic) bond motifs is 1. The molecule has 0 saturated carbocycles. The Labute approximate surface area is 150 Å². The van der Waals surface area contributed by atoms with Gasteiger partial charge in [0.25, 0.3) is 5.91 Å². The lowest BCUT2D eigenvalue weighted by atomic mass is 10.1. The number of aromatic nitrogens is 1. The van der Waals surface area contributed by atoms with Crippen molar-refractivity contribution < 1.29 is 13.7 Å². The zero-order valence-corrected chi connectivity index (χ0v) is 14.8. The Morgan fingerprint density at radius 2 is 2.08 bits per heavy atom. The molecular formula is C20H20N2O4. The quantitative estimate of drug-likeness (QED) is 0.715. The molecule has 26 heavy (non-hydrogen) atoms. The number of hydrogen-bond donors (Lipinski definition) is 0. The Morgan fingerprint density at radius 3 is 2.85 bits per heavy atom. The minimum absolute atomic E-state index is 0.0631. The molecule has 0 spiro atoms. The predicted molar refractivity (Wildman–Crippen MR) is 96.1 cm³/mol. The Bertz CT molecular complexity index is 1020. The van der Waals surface area contributed by atoms with Gasteiger partial charge in [0.05, 0.1) is 11.4 Å². The van der Waals surface area contributed by atoms with Crippen LogP contribution in [-0.4, -0.2) is 22.5 Å². The minimum Gasteiger partial charge on any atom is -0.451 e. The Morgan fingerprint density at radius 1 is 1.27 bits per heavy atom.